The summed E-state index contributed by atoms with van der Waals surface area (Å²) in [7, 11) is 0. The molecule has 1 atom stereocenters. The van der Waals surface area contributed by atoms with E-state index < -0.39 is 0 Å². The number of pyridine rings is 1. The van der Waals surface area contributed by atoms with Crippen molar-refractivity contribution in [1.29, 1.82) is 0 Å². The third-order valence-electron chi connectivity index (χ3n) is 2.93. The predicted octanol–water partition coefficient (Wildman–Crippen LogP) is 1.79. The first-order valence-electron chi connectivity index (χ1n) is 5.71. The zero-order chi connectivity index (χ0) is 11.5. The van der Waals surface area contributed by atoms with Gasteiger partial charge in [-0.05, 0) is 37.4 Å². The minimum atomic E-state index is 0.544. The zero-order valence-corrected chi connectivity index (χ0v) is 9.83. The molecule has 0 fully saturated rings. The van der Waals surface area contributed by atoms with Crippen LogP contribution in [-0.4, -0.2) is 21.5 Å². The van der Waals surface area contributed by atoms with Crippen LogP contribution in [0.4, 0.5) is 0 Å². The Morgan fingerprint density at radius 2 is 2.31 bits per heavy atom. The fraction of sp³-hybridized carbons (Fsp3) is 0.500. The third kappa shape index (κ3) is 2.22. The highest BCUT2D eigenvalue weighted by Crippen LogP contribution is 2.14. The van der Waals surface area contributed by atoms with E-state index in [1.165, 1.54) is 5.56 Å². The largest absolute Gasteiger partial charge is 0.340 e. The molecule has 0 saturated carbocycles. The summed E-state index contributed by atoms with van der Waals surface area (Å²) < 4.78 is 0. The number of fused-ring (bicyclic) bond motifs is 1. The number of imidazole rings is 1. The fourth-order valence-electron chi connectivity index (χ4n) is 1.70. The summed E-state index contributed by atoms with van der Waals surface area (Å²) in [6, 6.07) is 1.99. The second-order valence-corrected chi connectivity index (χ2v) is 4.39. The van der Waals surface area contributed by atoms with Crippen LogP contribution in [0.1, 0.15) is 24.7 Å². The maximum absolute atomic E-state index is 5.59. The van der Waals surface area contributed by atoms with Crippen molar-refractivity contribution < 1.29 is 0 Å². The summed E-state index contributed by atoms with van der Waals surface area (Å²) in [5.74, 6) is 1.55. The smallest absolute Gasteiger partial charge is 0.177 e. The van der Waals surface area contributed by atoms with Crippen LogP contribution < -0.4 is 5.73 Å². The van der Waals surface area contributed by atoms with Crippen LogP contribution in [-0.2, 0) is 6.42 Å². The summed E-state index contributed by atoms with van der Waals surface area (Å²) in [5.41, 5.74) is 8.65. The highest BCUT2D eigenvalue weighted by atomic mass is 15.0. The van der Waals surface area contributed by atoms with Gasteiger partial charge >= 0.3 is 0 Å². The third-order valence-corrected chi connectivity index (χ3v) is 2.93. The lowest BCUT2D eigenvalue weighted by Crippen LogP contribution is -2.11. The van der Waals surface area contributed by atoms with Crippen LogP contribution in [0.25, 0.3) is 11.2 Å². The fourth-order valence-corrected chi connectivity index (χ4v) is 1.70. The Labute approximate surface area is 95.3 Å². The Morgan fingerprint density at radius 3 is 3.00 bits per heavy atom. The summed E-state index contributed by atoms with van der Waals surface area (Å²) in [6.45, 7) is 4.96. The number of hydrogen-bond acceptors (Lipinski definition) is 3. The first-order chi connectivity index (χ1) is 7.70. The number of aryl methyl sites for hydroxylation is 2. The Bertz CT molecular complexity index is 475. The van der Waals surface area contributed by atoms with Crippen molar-refractivity contribution in [2.24, 2.45) is 11.7 Å². The van der Waals surface area contributed by atoms with E-state index in [-0.39, 0.29) is 0 Å². The van der Waals surface area contributed by atoms with Gasteiger partial charge in [-0.1, -0.05) is 6.92 Å². The Kier molecular flexibility index (Phi) is 3.19. The van der Waals surface area contributed by atoms with Gasteiger partial charge in [0.15, 0.2) is 5.65 Å². The molecule has 3 N–H and O–H groups in total. The van der Waals surface area contributed by atoms with Crippen LogP contribution in [0.15, 0.2) is 12.3 Å². The molecule has 2 aromatic rings. The lowest BCUT2D eigenvalue weighted by Gasteiger charge is -2.05. The lowest BCUT2D eigenvalue weighted by molar-refractivity contribution is 0.538. The van der Waals surface area contributed by atoms with Crippen molar-refractivity contribution >= 4 is 11.2 Å². The number of H-pyrrole nitrogens is 1. The van der Waals surface area contributed by atoms with Gasteiger partial charge in [0.1, 0.15) is 5.82 Å². The summed E-state index contributed by atoms with van der Waals surface area (Å²) in [5, 5.41) is 0. The zero-order valence-electron chi connectivity index (χ0n) is 9.83. The normalized spacial score (nSPS) is 13.2. The molecule has 0 spiro atoms. The van der Waals surface area contributed by atoms with Gasteiger partial charge in [0.05, 0.1) is 5.52 Å². The van der Waals surface area contributed by atoms with Gasteiger partial charge in [-0.25, -0.2) is 9.97 Å². The second kappa shape index (κ2) is 4.61. The van der Waals surface area contributed by atoms with Crippen LogP contribution in [0.2, 0.25) is 0 Å². The number of nitrogens with one attached hydrogen (secondary N) is 1. The number of rotatable bonds is 4. The van der Waals surface area contributed by atoms with Gasteiger partial charge in [-0.3, -0.25) is 0 Å². The molecule has 86 valence electrons. The van der Waals surface area contributed by atoms with Crippen molar-refractivity contribution in [1.82, 2.24) is 15.0 Å². The number of hydrogen-bond donors (Lipinski definition) is 2. The van der Waals surface area contributed by atoms with Gasteiger partial charge in [0.2, 0.25) is 0 Å². The van der Waals surface area contributed by atoms with Crippen molar-refractivity contribution in [3.63, 3.8) is 0 Å². The maximum atomic E-state index is 5.59. The number of aromatic nitrogens is 3. The average Bonchev–Trinajstić information content (AvgIpc) is 2.70. The summed E-state index contributed by atoms with van der Waals surface area (Å²) in [4.78, 5) is 12.0. The molecular weight excluding hydrogens is 200 g/mol. The first-order valence-corrected chi connectivity index (χ1v) is 5.71. The molecule has 2 rings (SSSR count). The van der Waals surface area contributed by atoms with Crippen LogP contribution in [0.5, 0.6) is 0 Å². The quantitative estimate of drug-likeness (QED) is 0.822. The SMILES string of the molecule is Cc1ccnc2nc(CCC(C)CN)[nH]c12. The van der Waals surface area contributed by atoms with Crippen LogP contribution in [0.3, 0.4) is 0 Å². The van der Waals surface area contributed by atoms with E-state index in [9.17, 15) is 0 Å². The minimum absolute atomic E-state index is 0.544. The molecule has 0 aliphatic carbocycles. The molecular formula is C12H18N4. The molecule has 2 aromatic heterocycles. The first kappa shape index (κ1) is 11.1. The molecule has 4 heteroatoms. The Morgan fingerprint density at radius 1 is 1.50 bits per heavy atom. The average molecular weight is 218 g/mol. The van der Waals surface area contributed by atoms with E-state index in [4.69, 9.17) is 5.73 Å². The second-order valence-electron chi connectivity index (χ2n) is 4.39. The summed E-state index contributed by atoms with van der Waals surface area (Å²) in [6.07, 6.45) is 3.80. The molecule has 16 heavy (non-hydrogen) atoms. The van der Waals surface area contributed by atoms with E-state index in [1.54, 1.807) is 6.20 Å². The Balaban J connectivity index is 2.17. The van der Waals surface area contributed by atoms with Crippen molar-refractivity contribution in [2.75, 3.05) is 6.54 Å². The monoisotopic (exact) mass is 218 g/mol. The number of aromatic amines is 1. The molecule has 0 radical (unpaired) electrons. The Hall–Kier alpha value is -1.42. The van der Waals surface area contributed by atoms with Gasteiger partial charge < -0.3 is 10.7 Å². The molecule has 4 nitrogen and oxygen atoms in total. The summed E-state index contributed by atoms with van der Waals surface area (Å²) >= 11 is 0. The van der Waals surface area contributed by atoms with Crippen LogP contribution >= 0.6 is 0 Å². The molecule has 2 heterocycles. The minimum Gasteiger partial charge on any atom is -0.340 e. The molecule has 1 unspecified atom stereocenters. The van der Waals surface area contributed by atoms with Gasteiger partial charge in [0, 0.05) is 12.6 Å². The molecule has 0 saturated heterocycles. The van der Waals surface area contributed by atoms with Gasteiger partial charge in [-0.2, -0.15) is 0 Å². The molecule has 0 bridgehead atoms. The van der Waals surface area contributed by atoms with E-state index in [2.05, 4.69) is 28.8 Å². The van der Waals surface area contributed by atoms with Crippen molar-refractivity contribution in [2.45, 2.75) is 26.7 Å². The topological polar surface area (TPSA) is 67.6 Å². The van der Waals surface area contributed by atoms with E-state index >= 15 is 0 Å². The van der Waals surface area contributed by atoms with E-state index in [1.807, 2.05) is 6.07 Å². The van der Waals surface area contributed by atoms with Crippen molar-refractivity contribution in [3.8, 4) is 0 Å². The standard InChI is InChI=1S/C12H18N4/c1-8(7-13)3-4-10-15-11-9(2)5-6-14-12(11)16-10/h5-6,8H,3-4,7,13H2,1-2H3,(H,14,15,16). The number of nitrogens with two attached hydrogens (primary N) is 1. The molecule has 0 aliphatic rings. The highest BCUT2D eigenvalue weighted by molar-refractivity contribution is 5.74. The molecule has 0 aromatic carbocycles. The predicted molar refractivity (Wildman–Crippen MR) is 65.2 cm³/mol. The van der Waals surface area contributed by atoms with E-state index in [0.29, 0.717) is 5.92 Å². The maximum Gasteiger partial charge on any atom is 0.177 e. The molecule has 0 amide bonds. The highest BCUT2D eigenvalue weighted by Gasteiger charge is 2.07. The molecule has 0 aliphatic heterocycles. The number of nitrogens with zero attached hydrogens (tertiary/aromatic N) is 2. The van der Waals surface area contributed by atoms with Gasteiger partial charge in [0.25, 0.3) is 0 Å². The van der Waals surface area contributed by atoms with Crippen LogP contribution in [0, 0.1) is 12.8 Å². The van der Waals surface area contributed by atoms with E-state index in [0.717, 1.165) is 36.4 Å². The van der Waals surface area contributed by atoms with Crippen molar-refractivity contribution in [3.05, 3.63) is 23.7 Å². The van der Waals surface area contributed by atoms with Gasteiger partial charge in [-0.15, -0.1) is 0 Å². The lowest BCUT2D eigenvalue weighted by atomic mass is 10.1.